The van der Waals surface area contributed by atoms with Gasteiger partial charge in [-0.1, -0.05) is 0 Å². The Labute approximate surface area is 32.1 Å². The Bertz CT molecular complexity index is 3.25. The summed E-state index contributed by atoms with van der Waals surface area (Å²) in [6.45, 7) is 0. The highest BCUT2D eigenvalue weighted by Gasteiger charge is -0.997. The summed E-state index contributed by atoms with van der Waals surface area (Å²) < 4.78 is 0. The minimum Gasteiger partial charge on any atom is -1.00 e. The van der Waals surface area contributed by atoms with Crippen LogP contribution in [0.3, 0.4) is 0 Å². The highest BCUT2D eigenvalue weighted by atomic mass is 79.9. The molecule has 32 valence electrons. The van der Waals surface area contributed by atoms with Crippen LogP contribution < -0.4 is 31.1 Å². The van der Waals surface area contributed by atoms with E-state index in [1.165, 1.54) is 0 Å². The third kappa shape index (κ3) is 50.2. The van der Waals surface area contributed by atoms with Crippen LogP contribution in [0.25, 0.3) is 0 Å². The largest absolute Gasteiger partial charge is 1.00 e. The maximum atomic E-state index is 0. The Balaban J connectivity index is 0. The fraction of sp³-hybridized carbons (Fsp3) is 0. The van der Waals surface area contributed by atoms with Crippen molar-refractivity contribution in [3.8, 4) is 0 Å². The zero-order chi connectivity index (χ0) is 0. The molecule has 0 aliphatic carbocycles. The second-order valence-electron chi connectivity index (χ2n) is 0. The van der Waals surface area contributed by atoms with Crippen molar-refractivity contribution in [2.75, 3.05) is 0 Å². The van der Waals surface area contributed by atoms with Gasteiger partial charge in [0.15, 0.2) is 0 Å². The molecule has 0 fully saturated rings. The molecule has 0 atom stereocenters. The van der Waals surface area contributed by atoms with Crippen LogP contribution in [-0.4, -0.2) is 0 Å². The number of halogens is 4. The SMILES string of the molecule is [Br-].[F-].[F-].[F-]. The first-order valence-corrected chi connectivity index (χ1v) is 0. The summed E-state index contributed by atoms with van der Waals surface area (Å²) in [6.07, 6.45) is 0. The molecule has 0 nitrogen and oxygen atoms in total. The van der Waals surface area contributed by atoms with Crippen molar-refractivity contribution in [1.29, 1.82) is 0 Å². The predicted molar refractivity (Wildman–Crippen MR) is 0 cm³/mol. The van der Waals surface area contributed by atoms with E-state index in [1.54, 1.807) is 0 Å². The normalized spacial score (nSPS) is 0. The third-order valence-corrected chi connectivity index (χ3v) is 0. The highest BCUT2D eigenvalue weighted by Crippen LogP contribution is -2.99. The van der Waals surface area contributed by atoms with Gasteiger partial charge in [0.2, 0.25) is 0 Å². The van der Waals surface area contributed by atoms with E-state index in [9.17, 15) is 0 Å². The molecule has 4 heteroatoms. The fourth-order valence-corrected chi connectivity index (χ4v) is 0. The molecule has 0 aromatic rings. The summed E-state index contributed by atoms with van der Waals surface area (Å²) in [6, 6.07) is 0. The summed E-state index contributed by atoms with van der Waals surface area (Å²) in [5.41, 5.74) is 0. The van der Waals surface area contributed by atoms with Crippen molar-refractivity contribution in [2.24, 2.45) is 0 Å². The topological polar surface area (TPSA) is 0 Å². The molecule has 0 aromatic heterocycles. The molecule has 0 radical (unpaired) electrons. The van der Waals surface area contributed by atoms with Crippen LogP contribution >= 0.6 is 0 Å². The van der Waals surface area contributed by atoms with Crippen molar-refractivity contribution in [1.82, 2.24) is 0 Å². The average molecular weight is 137 g/mol. The average Bonchev–Trinajstić information content (AvgIpc) is 0. The molecule has 0 aromatic carbocycles. The Morgan fingerprint density at radius 2 is 0.500 bits per heavy atom. The van der Waals surface area contributed by atoms with Gasteiger partial charge in [0.05, 0.1) is 0 Å². The molecule has 0 unspecified atom stereocenters. The first-order valence-electron chi connectivity index (χ1n) is 0. The highest BCUT2D eigenvalue weighted by molar-refractivity contribution is 0.00300. The van der Waals surface area contributed by atoms with Crippen LogP contribution in [0.4, 0.5) is 0 Å². The van der Waals surface area contributed by atoms with Gasteiger partial charge in [0.25, 0.3) is 0 Å². The van der Waals surface area contributed by atoms with E-state index in [1.807, 2.05) is 0 Å². The van der Waals surface area contributed by atoms with Gasteiger partial charge in [-0.05, 0) is 0 Å². The lowest BCUT2D eigenvalue weighted by Gasteiger charge is -1.00. The Morgan fingerprint density at radius 1 is 0.500 bits per heavy atom. The predicted octanol–water partition coefficient (Wildman–Crippen LogP) is -12.0. The van der Waals surface area contributed by atoms with E-state index < -0.39 is 0 Å². The first-order chi connectivity index (χ1) is 0. The zero-order valence-corrected chi connectivity index (χ0v) is 3.10. The van der Waals surface area contributed by atoms with Gasteiger partial charge in [0.1, 0.15) is 0 Å². The lowest BCUT2D eigenvalue weighted by molar-refractivity contribution is -0.00100. The molecule has 0 rings (SSSR count). The first kappa shape index (κ1) is 626. The lowest BCUT2D eigenvalue weighted by atomic mass is 19.0. The number of rotatable bonds is 0. The van der Waals surface area contributed by atoms with E-state index in [-0.39, 0.29) is 31.1 Å². The van der Waals surface area contributed by atoms with Crippen LogP contribution in [0.15, 0.2) is 0 Å². The van der Waals surface area contributed by atoms with Crippen molar-refractivity contribution < 1.29 is 31.1 Å². The van der Waals surface area contributed by atoms with Gasteiger partial charge in [-0.25, -0.2) is 0 Å². The van der Waals surface area contributed by atoms with Crippen molar-refractivity contribution in [2.45, 2.75) is 0 Å². The molecule has 0 aliphatic heterocycles. The third-order valence-electron chi connectivity index (χ3n) is 0. The molecule has 0 bridgehead atoms. The van der Waals surface area contributed by atoms with Gasteiger partial charge >= 0.3 is 0 Å². The molecule has 0 aliphatic rings. The maximum Gasteiger partial charge on any atom is -1.00 e. The molecule has 0 N–H and O–H groups in total. The maximum absolute atomic E-state index is 0. The summed E-state index contributed by atoms with van der Waals surface area (Å²) in [5, 5.41) is 0. The van der Waals surface area contributed by atoms with Crippen molar-refractivity contribution in [3.05, 3.63) is 0 Å². The van der Waals surface area contributed by atoms with E-state index in [4.69, 9.17) is 0 Å². The Morgan fingerprint density at radius 3 is 0.500 bits per heavy atom. The van der Waals surface area contributed by atoms with E-state index in [2.05, 4.69) is 0 Å². The molecule has 0 heterocycles. The van der Waals surface area contributed by atoms with Crippen LogP contribution in [0, 0.1) is 0 Å². The summed E-state index contributed by atoms with van der Waals surface area (Å²) in [5.74, 6) is 0. The molecule has 0 saturated carbocycles. The summed E-state index contributed by atoms with van der Waals surface area (Å²) >= 11 is 0. The van der Waals surface area contributed by atoms with E-state index in [0.29, 0.717) is 0 Å². The summed E-state index contributed by atoms with van der Waals surface area (Å²) in [7, 11) is 0. The van der Waals surface area contributed by atoms with Crippen LogP contribution in [0.5, 0.6) is 0 Å². The molecule has 4 heavy (non-hydrogen) atoms. The zero-order valence-electron chi connectivity index (χ0n) is 1.51. The molecular weight excluding hydrogens is 137 g/mol. The second-order valence-corrected chi connectivity index (χ2v) is 0. The minimum absolute atomic E-state index is 0. The van der Waals surface area contributed by atoms with Crippen molar-refractivity contribution in [3.63, 3.8) is 0 Å². The Hall–Kier alpha value is 0.270. The summed E-state index contributed by atoms with van der Waals surface area (Å²) in [4.78, 5) is 0. The van der Waals surface area contributed by atoms with Crippen LogP contribution in [0.2, 0.25) is 0 Å². The van der Waals surface area contributed by atoms with Gasteiger partial charge in [-0.2, -0.15) is 0 Å². The van der Waals surface area contributed by atoms with Crippen LogP contribution in [0.1, 0.15) is 0 Å². The molecule has 0 saturated heterocycles. The van der Waals surface area contributed by atoms with Gasteiger partial charge in [-0.3, -0.25) is 0 Å². The molecule has 0 amide bonds. The lowest BCUT2D eigenvalue weighted by Crippen LogP contribution is -3.00. The van der Waals surface area contributed by atoms with Crippen molar-refractivity contribution >= 4 is 0 Å². The van der Waals surface area contributed by atoms with Crippen LogP contribution in [-0.2, 0) is 0 Å². The second kappa shape index (κ2) is 231. The monoisotopic (exact) mass is 136 g/mol. The number of hydrogen-bond acceptors (Lipinski definition) is 0. The Kier molecular flexibility index (Phi) is 36200. The van der Waals surface area contributed by atoms with E-state index >= 15 is 0 Å². The number of hydrogen-bond donors (Lipinski definition) is 0. The minimum atomic E-state index is 0. The quantitative estimate of drug-likeness (QED) is 0.311. The smallest absolute Gasteiger partial charge is 1.00 e. The molecular formula is BrF3-4. The van der Waals surface area contributed by atoms with Gasteiger partial charge in [-0.15, -0.1) is 0 Å². The van der Waals surface area contributed by atoms with Gasteiger partial charge < -0.3 is 31.1 Å². The standard InChI is InChI=1S/BrH.3FH/h4*1H/p-4. The fourth-order valence-electron chi connectivity index (χ4n) is 0. The van der Waals surface area contributed by atoms with E-state index in [0.717, 1.165) is 0 Å². The molecule has 0 spiro atoms. The van der Waals surface area contributed by atoms with Gasteiger partial charge in [0, 0.05) is 0 Å².